The van der Waals surface area contributed by atoms with E-state index in [1.165, 1.54) is 0 Å². The highest BCUT2D eigenvalue weighted by Gasteiger charge is 1.80. The Kier molecular flexibility index (Phi) is 15.5. The number of hydrogen-bond donors (Lipinski definition) is 3. The first-order chi connectivity index (χ1) is 3.91. The van der Waals surface area contributed by atoms with Gasteiger partial charge in [0.15, 0.2) is 0 Å². The minimum Gasteiger partial charge on any atom is -0.330 e. The highest BCUT2D eigenvalue weighted by Crippen LogP contribution is 1.71. The van der Waals surface area contributed by atoms with Gasteiger partial charge in [-0.05, 0) is 19.5 Å². The van der Waals surface area contributed by atoms with Crippen LogP contribution in [0.1, 0.15) is 6.42 Å². The summed E-state index contributed by atoms with van der Waals surface area (Å²) in [5, 5.41) is 3.18. The monoisotopic (exact) mass is 170 g/mol. The normalized spacial score (nSPS) is 8.67. The molecule has 0 radical (unpaired) electrons. The van der Waals surface area contributed by atoms with Gasteiger partial charge in [-0.25, -0.2) is 0 Å². The van der Waals surface area contributed by atoms with Gasteiger partial charge >= 0.3 is 0 Å². The number of thiol groups is 1. The van der Waals surface area contributed by atoms with Crippen LogP contribution < -0.4 is 11.1 Å². The van der Waals surface area contributed by atoms with E-state index < -0.39 is 0 Å². The van der Waals surface area contributed by atoms with E-state index in [0.717, 1.165) is 31.8 Å². The van der Waals surface area contributed by atoms with Gasteiger partial charge in [0.05, 0.1) is 0 Å². The van der Waals surface area contributed by atoms with E-state index in [4.69, 9.17) is 5.73 Å². The fourth-order valence-corrected chi connectivity index (χ4v) is 0.589. The molecule has 58 valence electrons. The van der Waals surface area contributed by atoms with Crippen molar-refractivity contribution in [3.63, 3.8) is 0 Å². The molecule has 0 unspecified atom stereocenters. The first-order valence-corrected chi connectivity index (χ1v) is 3.56. The highest BCUT2D eigenvalue weighted by molar-refractivity contribution is 7.80. The van der Waals surface area contributed by atoms with Crippen LogP contribution in [0.3, 0.4) is 0 Å². The van der Waals surface area contributed by atoms with E-state index in [0.29, 0.717) is 0 Å². The van der Waals surface area contributed by atoms with Gasteiger partial charge in [0.2, 0.25) is 0 Å². The molecule has 0 heterocycles. The molecule has 0 amide bonds. The molecule has 0 aromatic rings. The molecule has 0 saturated carbocycles. The summed E-state index contributed by atoms with van der Waals surface area (Å²) < 4.78 is 0. The second kappa shape index (κ2) is 11.4. The smallest absolute Gasteiger partial charge is 0.00397 e. The largest absolute Gasteiger partial charge is 0.330 e. The van der Waals surface area contributed by atoms with Crippen molar-refractivity contribution in [1.29, 1.82) is 0 Å². The van der Waals surface area contributed by atoms with Gasteiger partial charge in [0.1, 0.15) is 0 Å². The molecule has 9 heavy (non-hydrogen) atoms. The SMILES string of the molecule is Cl.NCCCNCCS. The van der Waals surface area contributed by atoms with Crippen molar-refractivity contribution in [2.75, 3.05) is 25.4 Å². The molecule has 4 heteroatoms. The Balaban J connectivity index is 0. The van der Waals surface area contributed by atoms with Crippen molar-refractivity contribution in [1.82, 2.24) is 5.32 Å². The van der Waals surface area contributed by atoms with Gasteiger partial charge in [-0.15, -0.1) is 12.4 Å². The van der Waals surface area contributed by atoms with E-state index in [9.17, 15) is 0 Å². The molecule has 0 aliphatic rings. The predicted molar refractivity (Wildman–Crippen MR) is 47.6 cm³/mol. The summed E-state index contributed by atoms with van der Waals surface area (Å²) in [6.07, 6.45) is 1.06. The maximum atomic E-state index is 5.25. The lowest BCUT2D eigenvalue weighted by Crippen LogP contribution is -2.20. The summed E-state index contributed by atoms with van der Waals surface area (Å²) in [5.74, 6) is 0.907. The molecule has 0 rings (SSSR count). The van der Waals surface area contributed by atoms with Crippen molar-refractivity contribution in [2.24, 2.45) is 5.73 Å². The zero-order chi connectivity index (χ0) is 6.24. The molecule has 0 spiro atoms. The molecule has 0 aromatic heterocycles. The Bertz CT molecular complexity index is 39.9. The zero-order valence-corrected chi connectivity index (χ0v) is 7.18. The lowest BCUT2D eigenvalue weighted by molar-refractivity contribution is 0.683. The van der Waals surface area contributed by atoms with E-state index in [1.54, 1.807) is 0 Å². The second-order valence-corrected chi connectivity index (χ2v) is 2.06. The number of nitrogens with two attached hydrogens (primary N) is 1. The van der Waals surface area contributed by atoms with Gasteiger partial charge in [-0.3, -0.25) is 0 Å². The van der Waals surface area contributed by atoms with Crippen molar-refractivity contribution < 1.29 is 0 Å². The summed E-state index contributed by atoms with van der Waals surface area (Å²) in [7, 11) is 0. The first-order valence-electron chi connectivity index (χ1n) is 2.93. The van der Waals surface area contributed by atoms with Crippen LogP contribution in [0.15, 0.2) is 0 Å². The predicted octanol–water partition coefficient (Wildman–Crippen LogP) is 0.276. The van der Waals surface area contributed by atoms with Crippen LogP contribution in [0.4, 0.5) is 0 Å². The molecule has 0 fully saturated rings. The maximum absolute atomic E-state index is 5.25. The third kappa shape index (κ3) is 11.9. The average Bonchev–Trinajstić information content (AvgIpc) is 1.81. The fraction of sp³-hybridized carbons (Fsp3) is 1.00. The lowest BCUT2D eigenvalue weighted by Gasteiger charge is -1.97. The summed E-state index contributed by atoms with van der Waals surface area (Å²) in [4.78, 5) is 0. The van der Waals surface area contributed by atoms with Crippen LogP contribution in [0.25, 0.3) is 0 Å². The van der Waals surface area contributed by atoms with Crippen LogP contribution in [-0.4, -0.2) is 25.4 Å². The topological polar surface area (TPSA) is 38.0 Å². The number of halogens is 1. The van der Waals surface area contributed by atoms with Gasteiger partial charge in [0.25, 0.3) is 0 Å². The van der Waals surface area contributed by atoms with Gasteiger partial charge in [-0.2, -0.15) is 12.6 Å². The fourth-order valence-electron chi connectivity index (χ4n) is 0.431. The molecular weight excluding hydrogens is 156 g/mol. The Hall–Kier alpha value is 0.560. The molecule has 0 aliphatic heterocycles. The minimum atomic E-state index is 0. The zero-order valence-electron chi connectivity index (χ0n) is 5.47. The Morgan fingerprint density at radius 3 is 2.44 bits per heavy atom. The third-order valence-electron chi connectivity index (χ3n) is 0.846. The van der Waals surface area contributed by atoms with Crippen molar-refractivity contribution in [3.8, 4) is 0 Å². The van der Waals surface area contributed by atoms with Gasteiger partial charge in [-0.1, -0.05) is 0 Å². The third-order valence-corrected chi connectivity index (χ3v) is 1.07. The molecule has 0 aliphatic carbocycles. The van der Waals surface area contributed by atoms with Crippen molar-refractivity contribution in [2.45, 2.75) is 6.42 Å². The molecule has 0 aromatic carbocycles. The summed E-state index contributed by atoms with van der Waals surface area (Å²) >= 11 is 4.03. The Morgan fingerprint density at radius 2 is 2.00 bits per heavy atom. The molecule has 0 atom stereocenters. The summed E-state index contributed by atoms with van der Waals surface area (Å²) in [6.45, 7) is 2.79. The molecule has 2 nitrogen and oxygen atoms in total. The lowest BCUT2D eigenvalue weighted by atomic mass is 10.4. The van der Waals surface area contributed by atoms with Gasteiger partial charge < -0.3 is 11.1 Å². The van der Waals surface area contributed by atoms with Crippen molar-refractivity contribution >= 4 is 25.0 Å². The van der Waals surface area contributed by atoms with E-state index in [2.05, 4.69) is 17.9 Å². The second-order valence-electron chi connectivity index (χ2n) is 1.62. The molecule has 0 bridgehead atoms. The van der Waals surface area contributed by atoms with Crippen LogP contribution in [0.2, 0.25) is 0 Å². The van der Waals surface area contributed by atoms with Crippen molar-refractivity contribution in [3.05, 3.63) is 0 Å². The standard InChI is InChI=1S/C5H14N2S.ClH/c6-2-1-3-7-4-5-8;/h7-8H,1-6H2;1H. The summed E-state index contributed by atoms with van der Waals surface area (Å²) in [5.41, 5.74) is 5.25. The van der Waals surface area contributed by atoms with Gasteiger partial charge in [0, 0.05) is 12.3 Å². The van der Waals surface area contributed by atoms with E-state index >= 15 is 0 Å². The number of nitrogens with one attached hydrogen (secondary N) is 1. The highest BCUT2D eigenvalue weighted by atomic mass is 35.5. The van der Waals surface area contributed by atoms with Crippen LogP contribution in [0, 0.1) is 0 Å². The maximum Gasteiger partial charge on any atom is 0.00397 e. The molecular formula is C5H15ClN2S. The van der Waals surface area contributed by atoms with Crippen LogP contribution in [-0.2, 0) is 0 Å². The Labute approximate surface area is 68.4 Å². The average molecular weight is 171 g/mol. The van der Waals surface area contributed by atoms with Crippen LogP contribution in [0.5, 0.6) is 0 Å². The summed E-state index contributed by atoms with van der Waals surface area (Å²) in [6, 6.07) is 0. The number of rotatable bonds is 5. The minimum absolute atomic E-state index is 0. The molecule has 0 saturated heterocycles. The quantitative estimate of drug-likeness (QED) is 0.410. The van der Waals surface area contributed by atoms with E-state index in [-0.39, 0.29) is 12.4 Å². The van der Waals surface area contributed by atoms with E-state index in [1.807, 2.05) is 0 Å². The van der Waals surface area contributed by atoms with Crippen LogP contribution >= 0.6 is 25.0 Å². The Morgan fingerprint density at radius 1 is 1.33 bits per heavy atom. The number of hydrogen-bond acceptors (Lipinski definition) is 3. The first kappa shape index (κ1) is 12.3. The molecule has 3 N–H and O–H groups in total.